The SMILES string of the molecule is C=CCc1cc(CNC(=O)CCc2ccccc2C(=O)O)cc(OC)c1OC. The van der Waals surface area contributed by atoms with E-state index >= 15 is 0 Å². The lowest BCUT2D eigenvalue weighted by Gasteiger charge is -2.15. The number of ether oxygens (including phenoxy) is 2. The van der Waals surface area contributed by atoms with Crippen LogP contribution in [0.4, 0.5) is 0 Å². The number of methoxy groups -OCH3 is 2. The van der Waals surface area contributed by atoms with Crippen molar-refractivity contribution in [2.75, 3.05) is 14.2 Å². The molecule has 0 heterocycles. The van der Waals surface area contributed by atoms with Crippen LogP contribution in [-0.2, 0) is 24.2 Å². The number of nitrogens with one attached hydrogen (secondary N) is 1. The van der Waals surface area contributed by atoms with Crippen LogP contribution in [0.2, 0.25) is 0 Å². The van der Waals surface area contributed by atoms with Gasteiger partial charge < -0.3 is 19.9 Å². The van der Waals surface area contributed by atoms with Gasteiger partial charge in [-0.2, -0.15) is 0 Å². The zero-order valence-corrected chi connectivity index (χ0v) is 16.2. The predicted molar refractivity (Wildman–Crippen MR) is 107 cm³/mol. The quantitative estimate of drug-likeness (QED) is 0.615. The third kappa shape index (κ3) is 5.36. The Bertz CT molecular complexity index is 860. The molecular weight excluding hydrogens is 358 g/mol. The summed E-state index contributed by atoms with van der Waals surface area (Å²) in [7, 11) is 3.15. The molecule has 0 saturated heterocycles. The van der Waals surface area contributed by atoms with Gasteiger partial charge in [-0.05, 0) is 42.2 Å². The fourth-order valence-electron chi connectivity index (χ4n) is 3.00. The molecule has 2 N–H and O–H groups in total. The van der Waals surface area contributed by atoms with E-state index in [9.17, 15) is 14.7 Å². The first kappa shape index (κ1) is 21.0. The molecule has 6 heteroatoms. The van der Waals surface area contributed by atoms with E-state index in [0.29, 0.717) is 36.4 Å². The average molecular weight is 383 g/mol. The fourth-order valence-corrected chi connectivity index (χ4v) is 3.00. The second-order valence-corrected chi connectivity index (χ2v) is 6.22. The number of aromatic carboxylic acids is 1. The molecule has 0 saturated carbocycles. The van der Waals surface area contributed by atoms with Crippen LogP contribution in [0.15, 0.2) is 49.1 Å². The molecule has 28 heavy (non-hydrogen) atoms. The molecule has 0 bridgehead atoms. The van der Waals surface area contributed by atoms with E-state index in [0.717, 1.165) is 11.1 Å². The summed E-state index contributed by atoms with van der Waals surface area (Å²) < 4.78 is 10.8. The molecule has 0 atom stereocenters. The summed E-state index contributed by atoms with van der Waals surface area (Å²) in [6, 6.07) is 10.5. The number of amides is 1. The second-order valence-electron chi connectivity index (χ2n) is 6.22. The molecule has 1 amide bonds. The van der Waals surface area contributed by atoms with E-state index in [-0.39, 0.29) is 17.9 Å². The Morgan fingerprint density at radius 1 is 1.14 bits per heavy atom. The monoisotopic (exact) mass is 383 g/mol. The first-order chi connectivity index (χ1) is 13.5. The molecule has 2 aromatic carbocycles. The fraction of sp³-hybridized carbons (Fsp3) is 0.273. The number of benzene rings is 2. The van der Waals surface area contributed by atoms with Crippen molar-refractivity contribution in [3.05, 3.63) is 71.3 Å². The third-order valence-electron chi connectivity index (χ3n) is 4.34. The van der Waals surface area contributed by atoms with Crippen LogP contribution in [0.1, 0.15) is 33.5 Å². The number of hydrogen-bond acceptors (Lipinski definition) is 4. The maximum Gasteiger partial charge on any atom is 0.335 e. The summed E-state index contributed by atoms with van der Waals surface area (Å²) in [5.41, 5.74) is 2.68. The van der Waals surface area contributed by atoms with Crippen LogP contribution < -0.4 is 14.8 Å². The zero-order valence-electron chi connectivity index (χ0n) is 16.2. The minimum atomic E-state index is -0.990. The highest BCUT2D eigenvalue weighted by molar-refractivity contribution is 5.89. The highest BCUT2D eigenvalue weighted by Gasteiger charge is 2.13. The Hall–Kier alpha value is -3.28. The molecule has 0 aliphatic rings. The summed E-state index contributed by atoms with van der Waals surface area (Å²) in [6.45, 7) is 4.09. The smallest absolute Gasteiger partial charge is 0.335 e. The predicted octanol–water partition coefficient (Wildman–Crippen LogP) is 3.38. The molecular formula is C22H25NO5. The average Bonchev–Trinajstić information content (AvgIpc) is 2.70. The topological polar surface area (TPSA) is 84.9 Å². The molecule has 2 aromatic rings. The lowest BCUT2D eigenvalue weighted by atomic mass is 10.0. The lowest BCUT2D eigenvalue weighted by Crippen LogP contribution is -2.23. The van der Waals surface area contributed by atoms with E-state index in [1.165, 1.54) is 0 Å². The maximum atomic E-state index is 12.2. The number of carbonyl (C=O) groups excluding carboxylic acids is 1. The number of hydrogen-bond donors (Lipinski definition) is 2. The van der Waals surface area contributed by atoms with E-state index in [2.05, 4.69) is 11.9 Å². The van der Waals surface area contributed by atoms with Crippen LogP contribution >= 0.6 is 0 Å². The van der Waals surface area contributed by atoms with E-state index in [4.69, 9.17) is 9.47 Å². The largest absolute Gasteiger partial charge is 0.493 e. The van der Waals surface area contributed by atoms with Gasteiger partial charge in [0.05, 0.1) is 19.8 Å². The van der Waals surface area contributed by atoms with Crippen molar-refractivity contribution in [1.82, 2.24) is 5.32 Å². The van der Waals surface area contributed by atoms with Crippen LogP contribution in [-0.4, -0.2) is 31.2 Å². The molecule has 0 fully saturated rings. The zero-order chi connectivity index (χ0) is 20.5. The van der Waals surface area contributed by atoms with Crippen molar-refractivity contribution < 1.29 is 24.2 Å². The normalized spacial score (nSPS) is 10.2. The van der Waals surface area contributed by atoms with Crippen LogP contribution in [0.3, 0.4) is 0 Å². The molecule has 0 spiro atoms. The van der Waals surface area contributed by atoms with Crippen LogP contribution in [0, 0.1) is 0 Å². The van der Waals surface area contributed by atoms with Gasteiger partial charge in [-0.1, -0.05) is 24.3 Å². The van der Waals surface area contributed by atoms with E-state index < -0.39 is 5.97 Å². The molecule has 0 aromatic heterocycles. The van der Waals surface area contributed by atoms with Crippen molar-refractivity contribution in [2.24, 2.45) is 0 Å². The van der Waals surface area contributed by atoms with Gasteiger partial charge in [-0.15, -0.1) is 6.58 Å². The highest BCUT2D eigenvalue weighted by atomic mass is 16.5. The Balaban J connectivity index is 2.02. The van der Waals surface area contributed by atoms with Crippen LogP contribution in [0.5, 0.6) is 11.5 Å². The molecule has 2 rings (SSSR count). The van der Waals surface area contributed by atoms with Gasteiger partial charge in [-0.3, -0.25) is 4.79 Å². The number of allylic oxidation sites excluding steroid dienone is 1. The molecule has 0 radical (unpaired) electrons. The number of carbonyl (C=O) groups is 2. The standard InChI is InChI=1S/C22H25NO5/c1-4-7-17-12-15(13-19(27-2)21(17)28-3)14-23-20(24)11-10-16-8-5-6-9-18(16)22(25)26/h4-6,8-9,12-13H,1,7,10-11,14H2,2-3H3,(H,23,24)(H,25,26). The summed E-state index contributed by atoms with van der Waals surface area (Å²) >= 11 is 0. The Kier molecular flexibility index (Phi) is 7.63. The van der Waals surface area contributed by atoms with Gasteiger partial charge in [-0.25, -0.2) is 4.79 Å². The van der Waals surface area contributed by atoms with Gasteiger partial charge in [0, 0.05) is 18.5 Å². The molecule has 0 aliphatic carbocycles. The third-order valence-corrected chi connectivity index (χ3v) is 4.34. The van der Waals surface area contributed by atoms with Gasteiger partial charge in [0.2, 0.25) is 5.91 Å². The number of carboxylic acids is 1. The Morgan fingerprint density at radius 3 is 2.54 bits per heavy atom. The van der Waals surface area contributed by atoms with Crippen molar-refractivity contribution in [1.29, 1.82) is 0 Å². The molecule has 0 unspecified atom stereocenters. The van der Waals surface area contributed by atoms with Crippen LogP contribution in [0.25, 0.3) is 0 Å². The maximum absolute atomic E-state index is 12.2. The second kappa shape index (κ2) is 10.2. The minimum Gasteiger partial charge on any atom is -0.493 e. The van der Waals surface area contributed by atoms with Gasteiger partial charge in [0.15, 0.2) is 11.5 Å². The minimum absolute atomic E-state index is 0.153. The summed E-state index contributed by atoms with van der Waals surface area (Å²) in [5, 5.41) is 12.1. The summed E-state index contributed by atoms with van der Waals surface area (Å²) in [5.74, 6) is 0.112. The number of aryl methyl sites for hydroxylation is 1. The van der Waals surface area contributed by atoms with E-state index in [1.807, 2.05) is 12.1 Å². The lowest BCUT2D eigenvalue weighted by molar-refractivity contribution is -0.121. The van der Waals surface area contributed by atoms with Gasteiger partial charge in [0.25, 0.3) is 0 Å². The molecule has 6 nitrogen and oxygen atoms in total. The van der Waals surface area contributed by atoms with E-state index in [1.54, 1.807) is 44.6 Å². The first-order valence-electron chi connectivity index (χ1n) is 8.92. The first-order valence-corrected chi connectivity index (χ1v) is 8.92. The molecule has 148 valence electrons. The molecule has 0 aliphatic heterocycles. The van der Waals surface area contributed by atoms with Crippen molar-refractivity contribution >= 4 is 11.9 Å². The van der Waals surface area contributed by atoms with Gasteiger partial charge >= 0.3 is 5.97 Å². The Labute approximate surface area is 164 Å². The number of rotatable bonds is 10. The van der Waals surface area contributed by atoms with Gasteiger partial charge in [0.1, 0.15) is 0 Å². The van der Waals surface area contributed by atoms with Crippen molar-refractivity contribution in [3.8, 4) is 11.5 Å². The Morgan fingerprint density at radius 2 is 1.89 bits per heavy atom. The number of carboxylic acid groups (broad SMARTS) is 1. The van der Waals surface area contributed by atoms with Crippen molar-refractivity contribution in [3.63, 3.8) is 0 Å². The highest BCUT2D eigenvalue weighted by Crippen LogP contribution is 2.33. The summed E-state index contributed by atoms with van der Waals surface area (Å²) in [6.07, 6.45) is 2.96. The summed E-state index contributed by atoms with van der Waals surface area (Å²) in [4.78, 5) is 23.5. The van der Waals surface area contributed by atoms with Crippen molar-refractivity contribution in [2.45, 2.75) is 25.8 Å².